The van der Waals surface area contributed by atoms with Gasteiger partial charge in [-0.3, -0.25) is 9.36 Å². The lowest BCUT2D eigenvalue weighted by molar-refractivity contribution is -0.870. The fraction of sp³-hybridized carbons (Fsp3) is 0.827. The summed E-state index contributed by atoms with van der Waals surface area (Å²) in [5.41, 5.74) is 0. The number of unbranched alkanes of at least 4 members (excludes halogenated alkanes) is 44. The monoisotopic (exact) mass is 1200 g/mol. The van der Waals surface area contributed by atoms with E-state index in [2.05, 4.69) is 79.9 Å². The lowest BCUT2D eigenvalue weighted by Crippen LogP contribution is -2.45. The zero-order chi connectivity index (χ0) is 61.2. The van der Waals surface area contributed by atoms with Gasteiger partial charge in [-0.2, -0.15) is 0 Å². The Labute approximate surface area is 523 Å². The zero-order valence-corrected chi connectivity index (χ0v) is 57.3. The molecule has 0 aromatic heterocycles. The number of hydrogen-bond donors (Lipinski definition) is 2. The number of hydrogen-bond acceptors (Lipinski definition) is 6. The molecule has 2 N–H and O–H groups in total. The molecule has 0 rings (SSSR count). The molecule has 9 heteroatoms. The zero-order valence-electron chi connectivity index (χ0n) is 56.4. The first kappa shape index (κ1) is 81.9. The van der Waals surface area contributed by atoms with Gasteiger partial charge >= 0.3 is 0 Å². The van der Waals surface area contributed by atoms with Crippen molar-refractivity contribution in [2.45, 2.75) is 360 Å². The largest absolute Gasteiger partial charge is 0.756 e. The molecule has 0 aliphatic rings. The third kappa shape index (κ3) is 67.4. The van der Waals surface area contributed by atoms with Gasteiger partial charge in [-0.05, 0) is 83.5 Å². The van der Waals surface area contributed by atoms with E-state index in [1.54, 1.807) is 6.08 Å². The van der Waals surface area contributed by atoms with E-state index in [1.165, 1.54) is 270 Å². The Morgan fingerprint density at radius 3 is 1.05 bits per heavy atom. The predicted molar refractivity (Wildman–Crippen MR) is 367 cm³/mol. The van der Waals surface area contributed by atoms with Gasteiger partial charge in [-0.1, -0.05) is 331 Å². The predicted octanol–water partition coefficient (Wildman–Crippen LogP) is 22.7. The molecule has 0 aliphatic heterocycles. The standard InChI is InChI=1S/C75H141N2O6P/c1-6-8-10-12-14-16-18-20-22-24-26-28-30-31-32-33-34-35-36-37-38-39-40-41-42-43-44-45-47-49-51-53-55-57-59-61-63-65-67-69-75(79)76-73(72-83-84(80,81)82-71-70-77(3,4)5)74(78)68-66-64-62-60-58-56-54-52-50-48-46-29-27-25-23-21-19-17-15-13-11-9-7-2/h18,20,24,26,30-31,50,52,58,60,66,68,73-74,78H,6-17,19,21-23,25,27-29,32-49,51,53-57,59,61-65,67,69-72H2,1-5H3,(H-,76,79,80,81)/b20-18-,26-24-,31-30-,52-50+,60-58+,68-66+. The van der Waals surface area contributed by atoms with Gasteiger partial charge in [0.1, 0.15) is 13.2 Å². The van der Waals surface area contributed by atoms with Gasteiger partial charge in [0, 0.05) is 6.42 Å². The van der Waals surface area contributed by atoms with Gasteiger partial charge in [-0.25, -0.2) is 0 Å². The smallest absolute Gasteiger partial charge is 0.268 e. The van der Waals surface area contributed by atoms with E-state index in [1.807, 2.05) is 27.2 Å². The van der Waals surface area contributed by atoms with Crippen molar-refractivity contribution in [3.63, 3.8) is 0 Å². The van der Waals surface area contributed by atoms with Gasteiger partial charge in [0.2, 0.25) is 5.91 Å². The van der Waals surface area contributed by atoms with Crippen LogP contribution >= 0.6 is 7.82 Å². The Hall–Kier alpha value is -2.06. The van der Waals surface area contributed by atoms with Crippen LogP contribution in [0.1, 0.15) is 348 Å². The van der Waals surface area contributed by atoms with Gasteiger partial charge in [0.05, 0.1) is 39.9 Å². The van der Waals surface area contributed by atoms with Crippen molar-refractivity contribution in [3.8, 4) is 0 Å². The lowest BCUT2D eigenvalue weighted by atomic mass is 10.0. The van der Waals surface area contributed by atoms with E-state index < -0.39 is 26.6 Å². The first-order chi connectivity index (χ1) is 41.0. The first-order valence-corrected chi connectivity index (χ1v) is 37.8. The minimum Gasteiger partial charge on any atom is -0.756 e. The van der Waals surface area contributed by atoms with E-state index in [9.17, 15) is 19.4 Å². The van der Waals surface area contributed by atoms with Crippen molar-refractivity contribution in [1.29, 1.82) is 0 Å². The Kier molecular flexibility index (Phi) is 63.8. The molecule has 0 heterocycles. The van der Waals surface area contributed by atoms with Crippen LogP contribution in [0.3, 0.4) is 0 Å². The summed E-state index contributed by atoms with van der Waals surface area (Å²) in [7, 11) is 1.24. The molecule has 0 aromatic rings. The number of aliphatic hydroxyl groups excluding tert-OH is 1. The van der Waals surface area contributed by atoms with Crippen molar-refractivity contribution < 1.29 is 32.9 Å². The molecule has 8 nitrogen and oxygen atoms in total. The summed E-state index contributed by atoms with van der Waals surface area (Å²) in [6.07, 6.45) is 91.9. The first-order valence-electron chi connectivity index (χ1n) is 36.3. The van der Waals surface area contributed by atoms with Gasteiger partial charge in [-0.15, -0.1) is 0 Å². The molecular weight excluding hydrogens is 1060 g/mol. The highest BCUT2D eigenvalue weighted by Gasteiger charge is 2.23. The SMILES string of the molecule is CCCCCCC/C=C\C/C=C\C/C=C\CCCCCCCCCCCCCCCCCCCCCCCCCCC(=O)NC(COP(=O)([O-])OCC[N+](C)(C)C)C(O)/C=C/CC/C=C/CC/C=C/CCCCCCCCCCCCCCC. The van der Waals surface area contributed by atoms with Crippen LogP contribution in [-0.2, 0) is 18.4 Å². The number of allylic oxidation sites excluding steroid dienone is 11. The number of carbonyl (C=O) groups excluding carboxylic acids is 1. The van der Waals surface area contributed by atoms with E-state index >= 15 is 0 Å². The second kappa shape index (κ2) is 65.4. The van der Waals surface area contributed by atoms with Gasteiger partial charge in [0.25, 0.3) is 7.82 Å². The summed E-state index contributed by atoms with van der Waals surface area (Å²) >= 11 is 0. The average Bonchev–Trinajstić information content (AvgIpc) is 3.56. The number of carbonyl (C=O) groups is 1. The number of likely N-dealkylation sites (N-methyl/N-ethyl adjacent to an activating group) is 1. The van der Waals surface area contributed by atoms with Crippen LogP contribution in [-0.4, -0.2) is 68.5 Å². The van der Waals surface area contributed by atoms with Crippen molar-refractivity contribution in [3.05, 3.63) is 72.9 Å². The third-order valence-electron chi connectivity index (χ3n) is 16.4. The van der Waals surface area contributed by atoms with E-state index in [-0.39, 0.29) is 12.5 Å². The maximum Gasteiger partial charge on any atom is 0.268 e. The van der Waals surface area contributed by atoms with Crippen LogP contribution in [0.25, 0.3) is 0 Å². The summed E-state index contributed by atoms with van der Waals surface area (Å²) in [5, 5.41) is 13.9. The summed E-state index contributed by atoms with van der Waals surface area (Å²) in [6, 6.07) is -0.912. The highest BCUT2D eigenvalue weighted by Crippen LogP contribution is 2.38. The summed E-state index contributed by atoms with van der Waals surface area (Å²) in [4.78, 5) is 25.6. The van der Waals surface area contributed by atoms with E-state index in [0.717, 1.165) is 57.8 Å². The van der Waals surface area contributed by atoms with Crippen LogP contribution in [0.2, 0.25) is 0 Å². The van der Waals surface area contributed by atoms with E-state index in [4.69, 9.17) is 9.05 Å². The third-order valence-corrected chi connectivity index (χ3v) is 17.3. The molecule has 0 saturated carbocycles. The maximum absolute atomic E-state index is 13.0. The number of phosphoric ester groups is 1. The lowest BCUT2D eigenvalue weighted by Gasteiger charge is -2.29. The second-order valence-electron chi connectivity index (χ2n) is 25.9. The van der Waals surface area contributed by atoms with Crippen molar-refractivity contribution in [2.75, 3.05) is 40.9 Å². The molecule has 3 atom stereocenters. The Morgan fingerprint density at radius 1 is 0.417 bits per heavy atom. The minimum atomic E-state index is -4.62. The van der Waals surface area contributed by atoms with Crippen molar-refractivity contribution in [1.82, 2.24) is 5.32 Å². The minimum absolute atomic E-state index is 0.00913. The van der Waals surface area contributed by atoms with Crippen molar-refractivity contribution >= 4 is 13.7 Å². The molecule has 0 radical (unpaired) electrons. The highest BCUT2D eigenvalue weighted by atomic mass is 31.2. The fourth-order valence-corrected chi connectivity index (χ4v) is 11.4. The van der Waals surface area contributed by atoms with E-state index in [0.29, 0.717) is 17.4 Å². The average molecular weight is 1200 g/mol. The summed E-state index contributed by atoms with van der Waals surface area (Å²) < 4.78 is 23.4. The number of aliphatic hydroxyl groups is 1. The fourth-order valence-electron chi connectivity index (χ4n) is 10.7. The number of phosphoric acid groups is 1. The molecule has 84 heavy (non-hydrogen) atoms. The number of quaternary nitrogens is 1. The molecule has 0 aliphatic carbocycles. The molecule has 0 fully saturated rings. The van der Waals surface area contributed by atoms with Crippen LogP contribution in [0.4, 0.5) is 0 Å². The topological polar surface area (TPSA) is 108 Å². The number of rotatable bonds is 67. The van der Waals surface area contributed by atoms with Crippen LogP contribution < -0.4 is 10.2 Å². The van der Waals surface area contributed by atoms with Crippen LogP contribution in [0, 0.1) is 0 Å². The molecule has 0 spiro atoms. The highest BCUT2D eigenvalue weighted by molar-refractivity contribution is 7.45. The quantitative estimate of drug-likeness (QED) is 0.0272. The normalized spacial score (nSPS) is 14.0. The second-order valence-corrected chi connectivity index (χ2v) is 27.3. The van der Waals surface area contributed by atoms with Crippen molar-refractivity contribution in [2.24, 2.45) is 0 Å². The van der Waals surface area contributed by atoms with Gasteiger partial charge in [0.15, 0.2) is 0 Å². The summed E-state index contributed by atoms with van der Waals surface area (Å²) in [5.74, 6) is -0.206. The summed E-state index contributed by atoms with van der Waals surface area (Å²) in [6.45, 7) is 4.65. The van der Waals surface area contributed by atoms with Gasteiger partial charge < -0.3 is 28.8 Å². The van der Waals surface area contributed by atoms with Crippen LogP contribution in [0.5, 0.6) is 0 Å². The number of amides is 1. The Bertz CT molecular complexity index is 1600. The molecule has 492 valence electrons. The number of nitrogens with zero attached hydrogens (tertiary/aromatic N) is 1. The molecule has 3 unspecified atom stereocenters. The maximum atomic E-state index is 13.0. The molecule has 0 aromatic carbocycles. The Morgan fingerprint density at radius 2 is 0.702 bits per heavy atom. The molecule has 0 bridgehead atoms. The Balaban J connectivity index is 4.01. The van der Waals surface area contributed by atoms with Crippen LogP contribution in [0.15, 0.2) is 72.9 Å². The molecular formula is C75H141N2O6P. The molecule has 0 saturated heterocycles. The molecule has 1 amide bonds. The number of nitrogens with one attached hydrogen (secondary N) is 1.